The number of para-hydroxylation sites is 2. The van der Waals surface area contributed by atoms with Crippen molar-refractivity contribution in [3.05, 3.63) is 60.2 Å². The van der Waals surface area contributed by atoms with Crippen LogP contribution in [0, 0.1) is 11.6 Å². The molecule has 1 saturated heterocycles. The van der Waals surface area contributed by atoms with Gasteiger partial charge in [0.2, 0.25) is 0 Å². The Morgan fingerprint density at radius 1 is 0.692 bits per heavy atom. The third-order valence-electron chi connectivity index (χ3n) is 4.09. The molecule has 3 rings (SSSR count). The van der Waals surface area contributed by atoms with Crippen molar-refractivity contribution < 1.29 is 18.4 Å². The van der Waals surface area contributed by atoms with Gasteiger partial charge in [-0.3, -0.25) is 0 Å². The summed E-state index contributed by atoms with van der Waals surface area (Å²) < 4.78 is 27.2. The molecule has 0 aromatic heterocycles. The molecule has 0 spiro atoms. The number of hydrogen-bond acceptors (Lipinski definition) is 2. The van der Waals surface area contributed by atoms with E-state index in [0.29, 0.717) is 26.2 Å². The maximum atomic E-state index is 13.6. The third kappa shape index (κ3) is 4.08. The van der Waals surface area contributed by atoms with E-state index >= 15 is 0 Å². The van der Waals surface area contributed by atoms with Gasteiger partial charge in [-0.05, 0) is 24.3 Å². The molecule has 136 valence electrons. The zero-order valence-electron chi connectivity index (χ0n) is 13.9. The lowest BCUT2D eigenvalue weighted by Gasteiger charge is -2.34. The van der Waals surface area contributed by atoms with Crippen LogP contribution in [0.25, 0.3) is 0 Å². The maximum absolute atomic E-state index is 13.6. The largest absolute Gasteiger partial charge is 0.322 e. The smallest absolute Gasteiger partial charge is 0.321 e. The minimum absolute atomic E-state index is 0.109. The summed E-state index contributed by atoms with van der Waals surface area (Å²) in [6.45, 7) is 1.19. The summed E-state index contributed by atoms with van der Waals surface area (Å²) in [6.07, 6.45) is 0. The van der Waals surface area contributed by atoms with Crippen molar-refractivity contribution in [1.29, 1.82) is 0 Å². The highest BCUT2D eigenvalue weighted by molar-refractivity contribution is 5.91. The van der Waals surface area contributed by atoms with E-state index in [4.69, 9.17) is 0 Å². The second kappa shape index (κ2) is 7.81. The molecule has 2 N–H and O–H groups in total. The van der Waals surface area contributed by atoms with Gasteiger partial charge in [0.25, 0.3) is 0 Å². The van der Waals surface area contributed by atoms with Gasteiger partial charge in [-0.15, -0.1) is 0 Å². The molecule has 0 radical (unpaired) electrons. The fraction of sp³-hybridized carbons (Fsp3) is 0.222. The number of piperazine rings is 1. The lowest BCUT2D eigenvalue weighted by atomic mass is 10.3. The Morgan fingerprint density at radius 2 is 1.04 bits per heavy atom. The maximum Gasteiger partial charge on any atom is 0.322 e. The molecule has 0 atom stereocenters. The molecule has 0 unspecified atom stereocenters. The summed E-state index contributed by atoms with van der Waals surface area (Å²) in [5.41, 5.74) is 0.217. The summed E-state index contributed by atoms with van der Waals surface area (Å²) in [7, 11) is 0. The number of rotatable bonds is 2. The average molecular weight is 360 g/mol. The van der Waals surface area contributed by atoms with Crippen LogP contribution in [0.1, 0.15) is 0 Å². The Bertz CT molecular complexity index is 740. The molecule has 4 amide bonds. The minimum Gasteiger partial charge on any atom is -0.321 e. The van der Waals surface area contributed by atoms with Gasteiger partial charge in [0.1, 0.15) is 11.6 Å². The van der Waals surface area contributed by atoms with Gasteiger partial charge in [-0.1, -0.05) is 24.3 Å². The highest BCUT2D eigenvalue weighted by atomic mass is 19.1. The molecule has 26 heavy (non-hydrogen) atoms. The van der Waals surface area contributed by atoms with E-state index in [1.54, 1.807) is 12.1 Å². The number of halogens is 2. The quantitative estimate of drug-likeness (QED) is 0.863. The molecule has 2 aromatic carbocycles. The molecular weight excluding hydrogens is 342 g/mol. The van der Waals surface area contributed by atoms with Crippen LogP contribution >= 0.6 is 0 Å². The Kier molecular flexibility index (Phi) is 5.31. The fourth-order valence-electron chi connectivity index (χ4n) is 2.63. The van der Waals surface area contributed by atoms with E-state index in [2.05, 4.69) is 10.6 Å². The number of benzene rings is 2. The normalized spacial score (nSPS) is 14.1. The van der Waals surface area contributed by atoms with E-state index in [1.165, 1.54) is 46.2 Å². The summed E-state index contributed by atoms with van der Waals surface area (Å²) in [5, 5.41) is 5.03. The average Bonchev–Trinajstić information content (AvgIpc) is 2.65. The third-order valence-corrected chi connectivity index (χ3v) is 4.09. The van der Waals surface area contributed by atoms with Crippen molar-refractivity contribution in [1.82, 2.24) is 9.80 Å². The number of hydrogen-bond donors (Lipinski definition) is 2. The first-order chi connectivity index (χ1) is 12.5. The van der Waals surface area contributed by atoms with Crippen LogP contribution in [-0.4, -0.2) is 48.0 Å². The Morgan fingerprint density at radius 3 is 1.38 bits per heavy atom. The zero-order valence-corrected chi connectivity index (χ0v) is 13.9. The molecule has 0 bridgehead atoms. The van der Waals surface area contributed by atoms with Crippen LogP contribution in [-0.2, 0) is 0 Å². The second-order valence-corrected chi connectivity index (χ2v) is 5.79. The summed E-state index contributed by atoms with van der Waals surface area (Å²) in [6, 6.07) is 11.0. The van der Waals surface area contributed by atoms with Gasteiger partial charge in [-0.2, -0.15) is 0 Å². The van der Waals surface area contributed by atoms with Crippen LogP contribution in [0.15, 0.2) is 48.5 Å². The molecule has 1 aliphatic heterocycles. The second-order valence-electron chi connectivity index (χ2n) is 5.79. The SMILES string of the molecule is O=C(Nc1ccccc1F)N1CCN(C(=O)Nc2ccccc2F)CC1. The number of carbonyl (C=O) groups excluding carboxylic acids is 2. The summed E-state index contributed by atoms with van der Waals surface area (Å²) in [4.78, 5) is 27.4. The molecule has 8 heteroatoms. The first kappa shape index (κ1) is 17.7. The van der Waals surface area contributed by atoms with Crippen molar-refractivity contribution in [2.75, 3.05) is 36.8 Å². The van der Waals surface area contributed by atoms with Gasteiger partial charge in [0.15, 0.2) is 0 Å². The number of nitrogens with zero attached hydrogens (tertiary/aromatic N) is 2. The van der Waals surface area contributed by atoms with Crippen LogP contribution in [0.5, 0.6) is 0 Å². The van der Waals surface area contributed by atoms with Crippen molar-refractivity contribution >= 4 is 23.4 Å². The van der Waals surface area contributed by atoms with E-state index in [0.717, 1.165) is 0 Å². The molecule has 0 saturated carbocycles. The Hall–Kier alpha value is -3.16. The number of urea groups is 2. The minimum atomic E-state index is -0.510. The highest BCUT2D eigenvalue weighted by Gasteiger charge is 2.25. The fourth-order valence-corrected chi connectivity index (χ4v) is 2.63. The standard InChI is InChI=1S/C18H18F2N4O2/c19-13-5-1-3-7-15(13)21-17(25)23-9-11-24(12-10-23)18(26)22-16-8-4-2-6-14(16)20/h1-8H,9-12H2,(H,21,25)(H,22,26). The first-order valence-corrected chi connectivity index (χ1v) is 8.15. The Balaban J connectivity index is 1.52. The molecule has 1 fully saturated rings. The predicted octanol–water partition coefficient (Wildman–Crippen LogP) is 3.35. The Labute approximate surface area is 149 Å². The lowest BCUT2D eigenvalue weighted by Crippen LogP contribution is -2.52. The highest BCUT2D eigenvalue weighted by Crippen LogP contribution is 2.16. The summed E-state index contributed by atoms with van der Waals surface area (Å²) >= 11 is 0. The zero-order chi connectivity index (χ0) is 18.5. The predicted molar refractivity (Wildman–Crippen MR) is 94.0 cm³/mol. The molecule has 6 nitrogen and oxygen atoms in total. The number of nitrogens with one attached hydrogen (secondary N) is 2. The van der Waals surface area contributed by atoms with E-state index in [9.17, 15) is 18.4 Å². The number of amides is 4. The molecule has 0 aliphatic carbocycles. The monoisotopic (exact) mass is 360 g/mol. The lowest BCUT2D eigenvalue weighted by molar-refractivity contribution is 0.156. The van der Waals surface area contributed by atoms with Crippen molar-refractivity contribution in [2.45, 2.75) is 0 Å². The molecule has 2 aromatic rings. The topological polar surface area (TPSA) is 64.7 Å². The van der Waals surface area contributed by atoms with Gasteiger partial charge >= 0.3 is 12.1 Å². The van der Waals surface area contributed by atoms with Gasteiger partial charge in [0, 0.05) is 26.2 Å². The molecule has 1 aliphatic rings. The number of anilines is 2. The van der Waals surface area contributed by atoms with Gasteiger partial charge in [-0.25, -0.2) is 18.4 Å². The van der Waals surface area contributed by atoms with Crippen LogP contribution in [0.2, 0.25) is 0 Å². The van der Waals surface area contributed by atoms with Crippen molar-refractivity contribution in [3.63, 3.8) is 0 Å². The van der Waals surface area contributed by atoms with E-state index in [1.807, 2.05) is 0 Å². The number of carbonyl (C=O) groups is 2. The summed E-state index contributed by atoms with van der Waals surface area (Å²) in [5.74, 6) is -1.02. The molecular formula is C18H18F2N4O2. The van der Waals surface area contributed by atoms with E-state index in [-0.39, 0.29) is 11.4 Å². The first-order valence-electron chi connectivity index (χ1n) is 8.15. The van der Waals surface area contributed by atoms with Crippen LogP contribution < -0.4 is 10.6 Å². The van der Waals surface area contributed by atoms with Crippen LogP contribution in [0.3, 0.4) is 0 Å². The molecule has 1 heterocycles. The van der Waals surface area contributed by atoms with Gasteiger partial charge < -0.3 is 20.4 Å². The van der Waals surface area contributed by atoms with Gasteiger partial charge in [0.05, 0.1) is 11.4 Å². The van der Waals surface area contributed by atoms with Crippen molar-refractivity contribution in [3.8, 4) is 0 Å². The van der Waals surface area contributed by atoms with Crippen molar-refractivity contribution in [2.24, 2.45) is 0 Å². The van der Waals surface area contributed by atoms with E-state index < -0.39 is 23.7 Å². The van der Waals surface area contributed by atoms with Crippen LogP contribution in [0.4, 0.5) is 29.7 Å².